The molecule has 0 radical (unpaired) electrons. The Bertz CT molecular complexity index is 821. The summed E-state index contributed by atoms with van der Waals surface area (Å²) in [5.74, 6) is 0.393. The molecular weight excluding hydrogens is 492 g/mol. The van der Waals surface area contributed by atoms with Crippen LogP contribution < -0.4 is 10.4 Å². The lowest BCUT2D eigenvalue weighted by atomic mass is 9.89. The normalized spacial score (nSPS) is 14.7. The van der Waals surface area contributed by atoms with Crippen LogP contribution in [0.15, 0.2) is 60.7 Å². The summed E-state index contributed by atoms with van der Waals surface area (Å²) >= 11 is 0. The first-order valence-electron chi connectivity index (χ1n) is 16.2. The quantitative estimate of drug-likeness (QED) is 0.131. The molecule has 0 saturated heterocycles. The second kappa shape index (κ2) is 18.1. The third-order valence-corrected chi connectivity index (χ3v) is 13.7. The molecular formula is C36H60O2Si. The molecule has 0 amide bonds. The minimum Gasteiger partial charge on any atom is -0.407 e. The van der Waals surface area contributed by atoms with Crippen molar-refractivity contribution in [3.8, 4) is 0 Å². The topological polar surface area (TPSA) is 29.5 Å². The van der Waals surface area contributed by atoms with Gasteiger partial charge in [-0.1, -0.05) is 179 Å². The first-order chi connectivity index (χ1) is 18.7. The summed E-state index contributed by atoms with van der Waals surface area (Å²) in [6.45, 7) is 14.2. The third kappa shape index (κ3) is 10.8. The number of unbranched alkanes of at least 4 members (excludes halogenated alkanes) is 11. The van der Waals surface area contributed by atoms with Crippen LogP contribution in [-0.4, -0.2) is 26.1 Å². The molecule has 0 bridgehead atoms. The molecule has 39 heavy (non-hydrogen) atoms. The number of hydrogen-bond acceptors (Lipinski definition) is 2. The van der Waals surface area contributed by atoms with Crippen LogP contribution >= 0.6 is 0 Å². The van der Waals surface area contributed by atoms with Crippen molar-refractivity contribution in [2.24, 2.45) is 11.8 Å². The lowest BCUT2D eigenvalue weighted by molar-refractivity contribution is 0.0363. The second-order valence-corrected chi connectivity index (χ2v) is 17.4. The van der Waals surface area contributed by atoms with Crippen molar-refractivity contribution in [2.75, 3.05) is 6.61 Å². The van der Waals surface area contributed by atoms with Gasteiger partial charge in [-0.3, -0.25) is 0 Å². The average molecular weight is 553 g/mol. The summed E-state index contributed by atoms with van der Waals surface area (Å²) in [4.78, 5) is 0. The summed E-state index contributed by atoms with van der Waals surface area (Å²) in [5.41, 5.74) is 0. The first kappa shape index (κ1) is 33.8. The van der Waals surface area contributed by atoms with Crippen molar-refractivity contribution >= 4 is 18.7 Å². The minimum atomic E-state index is -2.56. The SMILES string of the molecule is CCCCCCCCCCCCCC[C@@H](C)[C@H](O)[C@H](C)CO[Si](c1ccccc1)(c1ccccc1)C(C)(C)C. The van der Waals surface area contributed by atoms with Gasteiger partial charge in [-0.05, 0) is 27.8 Å². The zero-order valence-electron chi connectivity index (χ0n) is 26.3. The highest BCUT2D eigenvalue weighted by molar-refractivity contribution is 6.99. The van der Waals surface area contributed by atoms with Crippen molar-refractivity contribution in [1.29, 1.82) is 0 Å². The Hall–Kier alpha value is -1.42. The molecule has 0 saturated carbocycles. The van der Waals surface area contributed by atoms with E-state index in [2.05, 4.69) is 102 Å². The van der Waals surface area contributed by atoms with Crippen LogP contribution in [-0.2, 0) is 4.43 Å². The van der Waals surface area contributed by atoms with Gasteiger partial charge in [0.2, 0.25) is 0 Å². The molecule has 2 nitrogen and oxygen atoms in total. The van der Waals surface area contributed by atoms with Crippen LogP contribution in [0.4, 0.5) is 0 Å². The van der Waals surface area contributed by atoms with E-state index in [9.17, 15) is 5.11 Å². The van der Waals surface area contributed by atoms with Crippen LogP contribution in [0.3, 0.4) is 0 Å². The molecule has 2 rings (SSSR count). The van der Waals surface area contributed by atoms with E-state index in [4.69, 9.17) is 4.43 Å². The smallest absolute Gasteiger partial charge is 0.261 e. The van der Waals surface area contributed by atoms with Gasteiger partial charge in [0.15, 0.2) is 0 Å². The van der Waals surface area contributed by atoms with Gasteiger partial charge in [0.05, 0.1) is 6.10 Å². The van der Waals surface area contributed by atoms with E-state index in [1.807, 2.05) is 0 Å². The zero-order chi connectivity index (χ0) is 28.6. The zero-order valence-corrected chi connectivity index (χ0v) is 27.3. The van der Waals surface area contributed by atoms with Crippen LogP contribution in [0.5, 0.6) is 0 Å². The Morgan fingerprint density at radius 3 is 1.46 bits per heavy atom. The molecule has 3 atom stereocenters. The maximum Gasteiger partial charge on any atom is 0.261 e. The highest BCUT2D eigenvalue weighted by Crippen LogP contribution is 2.37. The molecule has 0 aromatic heterocycles. The fourth-order valence-corrected chi connectivity index (χ4v) is 10.8. The second-order valence-electron chi connectivity index (χ2n) is 13.1. The lowest BCUT2D eigenvalue weighted by Crippen LogP contribution is -2.67. The molecule has 0 heterocycles. The molecule has 0 spiro atoms. The molecule has 0 fully saturated rings. The molecule has 0 unspecified atom stereocenters. The van der Waals surface area contributed by atoms with E-state index in [0.29, 0.717) is 12.5 Å². The Morgan fingerprint density at radius 2 is 1.05 bits per heavy atom. The van der Waals surface area contributed by atoms with E-state index in [-0.39, 0.29) is 17.1 Å². The molecule has 3 heteroatoms. The maximum atomic E-state index is 11.2. The standard InChI is InChI=1S/C36H60O2Si/c1-7-8-9-10-11-12-13-14-15-16-17-20-25-31(2)35(37)32(3)30-38-39(36(4,5)6,33-26-21-18-22-27-33)34-28-23-19-24-29-34/h18-19,21-24,26-29,31-32,35,37H,7-17,20,25,30H2,1-6H3/t31-,32-,35+/m1/s1. The summed E-state index contributed by atoms with van der Waals surface area (Å²) < 4.78 is 7.10. The van der Waals surface area contributed by atoms with Gasteiger partial charge >= 0.3 is 0 Å². The van der Waals surface area contributed by atoms with E-state index in [1.54, 1.807) is 0 Å². The fraction of sp³-hybridized carbons (Fsp3) is 0.667. The first-order valence-corrected chi connectivity index (χ1v) is 18.1. The van der Waals surface area contributed by atoms with E-state index in [1.165, 1.54) is 87.4 Å². The van der Waals surface area contributed by atoms with Crippen LogP contribution in [0, 0.1) is 11.8 Å². The van der Waals surface area contributed by atoms with Crippen LogP contribution in [0.25, 0.3) is 0 Å². The molecule has 2 aromatic rings. The van der Waals surface area contributed by atoms with Gasteiger partial charge in [-0.15, -0.1) is 0 Å². The number of benzene rings is 2. The summed E-state index contributed by atoms with van der Waals surface area (Å²) in [6.07, 6.45) is 17.2. The van der Waals surface area contributed by atoms with Crippen molar-refractivity contribution in [3.63, 3.8) is 0 Å². The number of aliphatic hydroxyl groups excluding tert-OH is 1. The summed E-state index contributed by atoms with van der Waals surface area (Å²) in [5, 5.41) is 13.8. The van der Waals surface area contributed by atoms with Gasteiger partial charge in [0.1, 0.15) is 0 Å². The molecule has 0 aliphatic heterocycles. The van der Waals surface area contributed by atoms with Gasteiger partial charge in [0.25, 0.3) is 8.32 Å². The molecule has 0 aliphatic rings. The highest BCUT2D eigenvalue weighted by Gasteiger charge is 2.50. The Kier molecular flexibility index (Phi) is 15.7. The van der Waals surface area contributed by atoms with Crippen LogP contribution in [0.2, 0.25) is 5.04 Å². The predicted molar refractivity (Wildman–Crippen MR) is 174 cm³/mol. The Morgan fingerprint density at radius 1 is 0.641 bits per heavy atom. The summed E-state index contributed by atoms with van der Waals surface area (Å²) in [7, 11) is -2.56. The van der Waals surface area contributed by atoms with Gasteiger partial charge in [-0.25, -0.2) is 0 Å². The molecule has 0 aliphatic carbocycles. The van der Waals surface area contributed by atoms with Gasteiger partial charge < -0.3 is 9.53 Å². The molecule has 2 aromatic carbocycles. The maximum absolute atomic E-state index is 11.2. The van der Waals surface area contributed by atoms with Crippen LogP contribution in [0.1, 0.15) is 125 Å². The largest absolute Gasteiger partial charge is 0.407 e. The van der Waals surface area contributed by atoms with Crippen molar-refractivity contribution in [3.05, 3.63) is 60.7 Å². The van der Waals surface area contributed by atoms with Crippen molar-refractivity contribution in [1.82, 2.24) is 0 Å². The molecule has 1 N–H and O–H groups in total. The lowest BCUT2D eigenvalue weighted by Gasteiger charge is -2.44. The fourth-order valence-electron chi connectivity index (χ4n) is 6.16. The van der Waals surface area contributed by atoms with Gasteiger partial charge in [0, 0.05) is 12.5 Å². The highest BCUT2D eigenvalue weighted by atomic mass is 28.4. The number of hydrogen-bond donors (Lipinski definition) is 1. The molecule has 220 valence electrons. The average Bonchev–Trinajstić information content (AvgIpc) is 2.93. The van der Waals surface area contributed by atoms with E-state index in [0.717, 1.165) is 6.42 Å². The van der Waals surface area contributed by atoms with Crippen molar-refractivity contribution < 1.29 is 9.53 Å². The van der Waals surface area contributed by atoms with Gasteiger partial charge in [-0.2, -0.15) is 0 Å². The minimum absolute atomic E-state index is 0.0406. The predicted octanol–water partition coefficient (Wildman–Crippen LogP) is 9.29. The van der Waals surface area contributed by atoms with E-state index >= 15 is 0 Å². The Labute approximate surface area is 243 Å². The monoisotopic (exact) mass is 552 g/mol. The number of rotatable bonds is 20. The number of aliphatic hydroxyl groups is 1. The summed E-state index contributed by atoms with van der Waals surface area (Å²) in [6, 6.07) is 21.6. The van der Waals surface area contributed by atoms with E-state index < -0.39 is 8.32 Å². The third-order valence-electron chi connectivity index (χ3n) is 8.66. The Balaban J connectivity index is 1.83. The van der Waals surface area contributed by atoms with Crippen molar-refractivity contribution in [2.45, 2.75) is 136 Å².